The van der Waals surface area contributed by atoms with Gasteiger partial charge in [-0.25, -0.2) is 8.42 Å². The van der Waals surface area contributed by atoms with E-state index in [0.717, 1.165) is 11.3 Å². The molecule has 1 atom stereocenters. The van der Waals surface area contributed by atoms with E-state index in [-0.39, 0.29) is 42.1 Å². The van der Waals surface area contributed by atoms with Crippen LogP contribution in [0.2, 0.25) is 4.34 Å². The molecule has 10 heteroatoms. The predicted molar refractivity (Wildman–Crippen MR) is 111 cm³/mol. The Kier molecular flexibility index (Phi) is 6.62. The molecule has 1 amide bonds. The molecule has 29 heavy (non-hydrogen) atoms. The molecule has 1 fully saturated rings. The van der Waals surface area contributed by atoms with Crippen LogP contribution in [0.4, 0.5) is 0 Å². The lowest BCUT2D eigenvalue weighted by atomic mass is 10.1. The Morgan fingerprint density at radius 3 is 2.41 bits per heavy atom. The Hall–Kier alpha value is -1.94. The topological polar surface area (TPSA) is 84.0 Å². The first-order valence-corrected chi connectivity index (χ1v) is 11.6. The van der Waals surface area contributed by atoms with Crippen molar-refractivity contribution in [2.24, 2.45) is 0 Å². The zero-order chi connectivity index (χ0) is 21.2. The number of halogens is 1. The van der Waals surface area contributed by atoms with Crippen molar-refractivity contribution in [2.75, 3.05) is 26.2 Å². The van der Waals surface area contributed by atoms with Gasteiger partial charge in [-0.3, -0.25) is 9.59 Å². The number of carbonyl (C=O) groups excluding carboxylic acids is 2. The summed E-state index contributed by atoms with van der Waals surface area (Å²) in [4.78, 5) is 25.8. The number of sulfonamides is 1. The Morgan fingerprint density at radius 2 is 1.83 bits per heavy atom. The van der Waals surface area contributed by atoms with Crippen molar-refractivity contribution in [2.45, 2.75) is 24.2 Å². The Balaban J connectivity index is 1.59. The third-order valence-corrected chi connectivity index (χ3v) is 8.19. The van der Waals surface area contributed by atoms with Gasteiger partial charge < -0.3 is 9.64 Å². The van der Waals surface area contributed by atoms with Crippen LogP contribution in [0.3, 0.4) is 0 Å². The quantitative estimate of drug-likeness (QED) is 0.624. The molecule has 0 spiro atoms. The number of ether oxygens (including phenoxy) is 1. The molecule has 2 aromatic rings. The Morgan fingerprint density at radius 1 is 1.14 bits per heavy atom. The summed E-state index contributed by atoms with van der Waals surface area (Å²) in [6, 6.07) is 9.71. The molecule has 1 aliphatic heterocycles. The summed E-state index contributed by atoms with van der Waals surface area (Å²) in [5.41, 5.74) is 0.509. The fourth-order valence-electron chi connectivity index (χ4n) is 3.01. The van der Waals surface area contributed by atoms with Gasteiger partial charge in [-0.05, 0) is 38.1 Å². The van der Waals surface area contributed by atoms with Crippen LogP contribution >= 0.6 is 22.9 Å². The summed E-state index contributed by atoms with van der Waals surface area (Å²) >= 11 is 6.86. The number of amides is 1. The van der Waals surface area contributed by atoms with Crippen LogP contribution in [0.15, 0.2) is 40.6 Å². The molecule has 0 radical (unpaired) electrons. The van der Waals surface area contributed by atoms with E-state index >= 15 is 0 Å². The van der Waals surface area contributed by atoms with Gasteiger partial charge in [0.1, 0.15) is 9.96 Å². The van der Waals surface area contributed by atoms with Crippen molar-refractivity contribution in [1.82, 2.24) is 9.21 Å². The monoisotopic (exact) mass is 456 g/mol. The van der Waals surface area contributed by atoms with Crippen LogP contribution in [0, 0.1) is 0 Å². The maximum atomic E-state index is 12.7. The van der Waals surface area contributed by atoms with Crippen LogP contribution in [-0.4, -0.2) is 61.6 Å². The zero-order valence-electron chi connectivity index (χ0n) is 16.0. The highest BCUT2D eigenvalue weighted by Gasteiger charge is 2.32. The summed E-state index contributed by atoms with van der Waals surface area (Å²) < 4.78 is 33.0. The van der Waals surface area contributed by atoms with Gasteiger partial charge in [0.05, 0.1) is 4.34 Å². The van der Waals surface area contributed by atoms with Crippen molar-refractivity contribution in [3.63, 3.8) is 0 Å². The molecule has 7 nitrogen and oxygen atoms in total. The van der Waals surface area contributed by atoms with Gasteiger partial charge in [0.25, 0.3) is 15.9 Å². The molecule has 3 rings (SSSR count). The summed E-state index contributed by atoms with van der Waals surface area (Å²) in [6.07, 6.45) is -0.753. The van der Waals surface area contributed by atoms with Crippen LogP contribution in [0.25, 0.3) is 0 Å². The highest BCUT2D eigenvalue weighted by molar-refractivity contribution is 7.91. The summed E-state index contributed by atoms with van der Waals surface area (Å²) in [6.45, 7) is 4.06. The minimum absolute atomic E-state index is 0.0845. The summed E-state index contributed by atoms with van der Waals surface area (Å²) in [7, 11) is -3.61. The molecule has 0 aliphatic carbocycles. The van der Waals surface area contributed by atoms with Gasteiger partial charge in [0, 0.05) is 31.7 Å². The van der Waals surface area contributed by atoms with E-state index in [2.05, 4.69) is 0 Å². The number of nitrogens with zero attached hydrogens (tertiary/aromatic N) is 2. The second kappa shape index (κ2) is 8.83. The highest BCUT2D eigenvalue weighted by Crippen LogP contribution is 2.28. The van der Waals surface area contributed by atoms with Crippen LogP contribution < -0.4 is 4.74 Å². The molecule has 0 bridgehead atoms. The van der Waals surface area contributed by atoms with Crippen LogP contribution in [0.1, 0.15) is 24.2 Å². The highest BCUT2D eigenvalue weighted by atomic mass is 35.5. The first kappa shape index (κ1) is 21.8. The number of hydrogen-bond acceptors (Lipinski definition) is 6. The SMILES string of the molecule is CC(=O)c1cccc(OC(C)C(=O)N2CCN(S(=O)(=O)c3ccc(Cl)s3)CC2)c1. The Bertz CT molecular complexity index is 1010. The molecule has 1 saturated heterocycles. The number of rotatable bonds is 6. The fraction of sp³-hybridized carbons (Fsp3) is 0.368. The fourth-order valence-corrected chi connectivity index (χ4v) is 6.07. The second-order valence-corrected chi connectivity index (χ2v) is 10.5. The van der Waals surface area contributed by atoms with Gasteiger partial charge in [-0.15, -0.1) is 11.3 Å². The van der Waals surface area contributed by atoms with E-state index in [1.165, 1.54) is 17.3 Å². The van der Waals surface area contributed by atoms with Gasteiger partial charge >= 0.3 is 0 Å². The van der Waals surface area contributed by atoms with E-state index < -0.39 is 16.1 Å². The lowest BCUT2D eigenvalue weighted by Gasteiger charge is -2.34. The maximum absolute atomic E-state index is 12.7. The molecule has 0 N–H and O–H groups in total. The Labute approximate surface area is 178 Å². The van der Waals surface area contributed by atoms with Crippen molar-refractivity contribution in [1.29, 1.82) is 0 Å². The first-order chi connectivity index (χ1) is 13.7. The third kappa shape index (κ3) is 4.98. The number of hydrogen-bond donors (Lipinski definition) is 0. The molecule has 1 aromatic carbocycles. The van der Waals surface area contributed by atoms with Gasteiger partial charge in [0.15, 0.2) is 11.9 Å². The maximum Gasteiger partial charge on any atom is 0.263 e. The van der Waals surface area contributed by atoms with Crippen molar-refractivity contribution in [3.8, 4) is 5.75 Å². The first-order valence-electron chi connectivity index (χ1n) is 9.00. The van der Waals surface area contributed by atoms with E-state index in [1.807, 2.05) is 0 Å². The van der Waals surface area contributed by atoms with Gasteiger partial charge in [0.2, 0.25) is 0 Å². The lowest BCUT2D eigenvalue weighted by Crippen LogP contribution is -2.53. The molecular formula is C19H21ClN2O5S2. The van der Waals surface area contributed by atoms with Crippen molar-refractivity contribution >= 4 is 44.7 Å². The predicted octanol–water partition coefficient (Wildman–Crippen LogP) is 2.90. The molecule has 1 aromatic heterocycles. The average Bonchev–Trinajstić information content (AvgIpc) is 3.15. The molecule has 2 heterocycles. The summed E-state index contributed by atoms with van der Waals surface area (Å²) in [5.74, 6) is 0.127. The average molecular weight is 457 g/mol. The smallest absolute Gasteiger partial charge is 0.263 e. The molecular weight excluding hydrogens is 436 g/mol. The van der Waals surface area contributed by atoms with Gasteiger partial charge in [-0.1, -0.05) is 23.7 Å². The number of carbonyl (C=O) groups is 2. The number of piperazine rings is 1. The van der Waals surface area contributed by atoms with E-state index in [4.69, 9.17) is 16.3 Å². The normalized spacial score (nSPS) is 16.4. The minimum Gasteiger partial charge on any atom is -0.481 e. The van der Waals surface area contributed by atoms with Gasteiger partial charge in [-0.2, -0.15) is 4.31 Å². The number of Topliss-reactive ketones (excluding diaryl/α,β-unsaturated/α-hetero) is 1. The van der Waals surface area contributed by atoms with Crippen LogP contribution in [0.5, 0.6) is 5.75 Å². The minimum atomic E-state index is -3.61. The molecule has 1 unspecified atom stereocenters. The standard InChI is InChI=1S/C19H21ClN2O5S2/c1-13(23)15-4-3-5-16(12-15)27-14(2)19(24)21-8-10-22(11-9-21)29(25,26)18-7-6-17(20)28-18/h3-7,12,14H,8-11H2,1-2H3. The molecule has 156 valence electrons. The zero-order valence-corrected chi connectivity index (χ0v) is 18.4. The number of thiophene rings is 1. The van der Waals surface area contributed by atoms with E-state index in [0.29, 0.717) is 15.6 Å². The molecule has 1 aliphatic rings. The third-order valence-electron chi connectivity index (χ3n) is 4.59. The molecule has 0 saturated carbocycles. The van der Waals surface area contributed by atoms with Crippen molar-refractivity contribution in [3.05, 3.63) is 46.3 Å². The van der Waals surface area contributed by atoms with Crippen LogP contribution in [-0.2, 0) is 14.8 Å². The number of benzene rings is 1. The summed E-state index contributed by atoms with van der Waals surface area (Å²) in [5, 5.41) is 0. The van der Waals surface area contributed by atoms with E-state index in [1.54, 1.807) is 42.2 Å². The van der Waals surface area contributed by atoms with Crippen molar-refractivity contribution < 1.29 is 22.7 Å². The van der Waals surface area contributed by atoms with E-state index in [9.17, 15) is 18.0 Å². The second-order valence-electron chi connectivity index (χ2n) is 6.63. The number of ketones is 1. The largest absolute Gasteiger partial charge is 0.481 e. The lowest BCUT2D eigenvalue weighted by molar-refractivity contribution is -0.139.